The maximum atomic E-state index is 13.2. The van der Waals surface area contributed by atoms with Gasteiger partial charge in [-0.2, -0.15) is 0 Å². The van der Waals surface area contributed by atoms with Crippen molar-refractivity contribution < 1.29 is 14.3 Å². The smallest absolute Gasteiger partial charge is 0.314 e. The van der Waals surface area contributed by atoms with Gasteiger partial charge in [-0.15, -0.1) is 0 Å². The van der Waals surface area contributed by atoms with Gasteiger partial charge in [0, 0.05) is 18.7 Å². The Morgan fingerprint density at radius 1 is 0.867 bits per heavy atom. The lowest BCUT2D eigenvalue weighted by Crippen LogP contribution is -2.40. The van der Waals surface area contributed by atoms with Crippen LogP contribution >= 0.6 is 11.6 Å². The van der Waals surface area contributed by atoms with Gasteiger partial charge in [0.1, 0.15) is 6.61 Å². The first kappa shape index (κ1) is 22.4. The molecule has 0 bridgehead atoms. The van der Waals surface area contributed by atoms with Gasteiger partial charge >= 0.3 is 5.97 Å². The van der Waals surface area contributed by atoms with Crippen molar-refractivity contribution in [3.05, 3.63) is 65.7 Å². The van der Waals surface area contributed by atoms with Crippen molar-refractivity contribution in [2.24, 2.45) is 5.41 Å². The van der Waals surface area contributed by atoms with E-state index >= 15 is 0 Å². The number of anilines is 1. The Bertz CT molecular complexity index is 812. The molecule has 4 nitrogen and oxygen atoms in total. The summed E-state index contributed by atoms with van der Waals surface area (Å²) in [6, 6.07) is 17.5. The van der Waals surface area contributed by atoms with Crippen LogP contribution in [0.5, 0.6) is 0 Å². The molecule has 0 unspecified atom stereocenters. The molecule has 0 atom stereocenters. The van der Waals surface area contributed by atoms with Gasteiger partial charge in [0.05, 0.1) is 5.41 Å². The molecule has 1 saturated carbocycles. The lowest BCUT2D eigenvalue weighted by atomic mass is 9.76. The van der Waals surface area contributed by atoms with E-state index < -0.39 is 5.41 Å². The largest absolute Gasteiger partial charge is 0.460 e. The fourth-order valence-electron chi connectivity index (χ4n) is 4.08. The second-order valence-corrected chi connectivity index (χ2v) is 8.61. The zero-order valence-corrected chi connectivity index (χ0v) is 18.1. The molecule has 3 rings (SSSR count). The van der Waals surface area contributed by atoms with Gasteiger partial charge in [-0.25, -0.2) is 0 Å². The zero-order valence-electron chi connectivity index (χ0n) is 17.4. The van der Waals surface area contributed by atoms with Gasteiger partial charge in [0.15, 0.2) is 0 Å². The Kier molecular flexibility index (Phi) is 8.32. The summed E-state index contributed by atoms with van der Waals surface area (Å²) in [5.74, 6) is -0.106. The Hall–Kier alpha value is -2.33. The molecule has 5 heteroatoms. The van der Waals surface area contributed by atoms with Crippen molar-refractivity contribution in [1.82, 2.24) is 0 Å². The van der Waals surface area contributed by atoms with Crippen molar-refractivity contribution in [2.45, 2.75) is 58.0 Å². The third-order valence-corrected chi connectivity index (χ3v) is 6.02. The Balaban J connectivity index is 1.67. The molecule has 0 heterocycles. The highest BCUT2D eigenvalue weighted by atomic mass is 35.5. The number of rotatable bonds is 8. The fraction of sp³-hybridized carbons (Fsp3) is 0.440. The highest BCUT2D eigenvalue weighted by Crippen LogP contribution is 2.36. The molecule has 0 aliphatic heterocycles. The third-order valence-electron chi connectivity index (χ3n) is 5.88. The van der Waals surface area contributed by atoms with Crippen LogP contribution in [-0.4, -0.2) is 17.8 Å². The van der Waals surface area contributed by atoms with Crippen LogP contribution < -0.4 is 5.32 Å². The van der Waals surface area contributed by atoms with Gasteiger partial charge in [0.25, 0.3) is 0 Å². The summed E-state index contributed by atoms with van der Waals surface area (Å²) < 4.78 is 5.79. The van der Waals surface area contributed by atoms with Crippen molar-refractivity contribution in [3.8, 4) is 0 Å². The molecule has 2 aromatic carbocycles. The number of hydrogen-bond acceptors (Lipinski definition) is 4. The molecule has 30 heavy (non-hydrogen) atoms. The van der Waals surface area contributed by atoms with Crippen LogP contribution in [0, 0.1) is 5.41 Å². The Labute approximate surface area is 184 Å². The van der Waals surface area contributed by atoms with E-state index in [4.69, 9.17) is 16.3 Å². The summed E-state index contributed by atoms with van der Waals surface area (Å²) >= 11 is 5.46. The summed E-state index contributed by atoms with van der Waals surface area (Å²) in [5, 5.41) is 3.07. The van der Waals surface area contributed by atoms with Crippen molar-refractivity contribution in [3.63, 3.8) is 0 Å². The Morgan fingerprint density at radius 3 is 2.13 bits per heavy atom. The number of benzene rings is 2. The standard InChI is InChI=1S/C25H30ClNO3/c26-23(28)17-20-11-13-22(14-12-20)27-19-25(15-7-2-1-3-8-16-25)24(29)30-18-21-9-5-4-6-10-21/h4-6,9-14,27H,1-3,7-8,15-19H2. The van der Waals surface area contributed by atoms with Crippen LogP contribution in [0.25, 0.3) is 0 Å². The topological polar surface area (TPSA) is 55.4 Å². The van der Waals surface area contributed by atoms with Gasteiger partial charge in [-0.1, -0.05) is 74.6 Å². The highest BCUT2D eigenvalue weighted by Gasteiger charge is 2.39. The predicted octanol–water partition coefficient (Wildman–Crippen LogP) is 5.88. The van der Waals surface area contributed by atoms with Crippen LogP contribution in [0.3, 0.4) is 0 Å². The quantitative estimate of drug-likeness (QED) is 0.422. The van der Waals surface area contributed by atoms with Crippen LogP contribution in [0.4, 0.5) is 5.69 Å². The molecular formula is C25H30ClNO3. The molecule has 1 aliphatic rings. The van der Waals surface area contributed by atoms with E-state index in [0.29, 0.717) is 13.2 Å². The lowest BCUT2D eigenvalue weighted by molar-refractivity contribution is -0.158. The summed E-state index contributed by atoms with van der Waals surface area (Å²) in [7, 11) is 0. The van der Waals surface area contributed by atoms with Gasteiger partial charge in [-0.05, 0) is 47.7 Å². The average Bonchev–Trinajstić information content (AvgIpc) is 2.73. The molecule has 1 N–H and O–H groups in total. The first-order chi connectivity index (χ1) is 14.6. The second-order valence-electron chi connectivity index (χ2n) is 8.19. The average molecular weight is 428 g/mol. The highest BCUT2D eigenvalue weighted by molar-refractivity contribution is 6.63. The summed E-state index contributed by atoms with van der Waals surface area (Å²) in [5.41, 5.74) is 2.30. The number of hydrogen-bond donors (Lipinski definition) is 1. The van der Waals surface area contributed by atoms with Gasteiger partial charge in [-0.3, -0.25) is 9.59 Å². The summed E-state index contributed by atoms with van der Waals surface area (Å²) in [6.07, 6.45) is 7.54. The minimum absolute atomic E-state index is 0.106. The van der Waals surface area contributed by atoms with E-state index in [-0.39, 0.29) is 17.6 Å². The van der Waals surface area contributed by atoms with Crippen LogP contribution in [0.1, 0.15) is 56.1 Å². The van der Waals surface area contributed by atoms with Crippen molar-refractivity contribution in [2.75, 3.05) is 11.9 Å². The monoisotopic (exact) mass is 427 g/mol. The van der Waals surface area contributed by atoms with Crippen LogP contribution in [0.15, 0.2) is 54.6 Å². The number of nitrogens with one attached hydrogen (secondary N) is 1. The number of ether oxygens (including phenoxy) is 1. The molecular weight excluding hydrogens is 398 g/mol. The van der Waals surface area contributed by atoms with E-state index in [1.165, 1.54) is 6.42 Å². The minimum atomic E-state index is -0.514. The SMILES string of the molecule is O=C(Cl)Cc1ccc(NCC2(C(=O)OCc3ccccc3)CCCCCCC2)cc1. The number of carbonyl (C=O) groups excluding carboxylic acids is 2. The van der Waals surface area contributed by atoms with Crippen LogP contribution in [-0.2, 0) is 27.4 Å². The van der Waals surface area contributed by atoms with Crippen molar-refractivity contribution in [1.29, 1.82) is 0 Å². The van der Waals surface area contributed by atoms with E-state index in [9.17, 15) is 9.59 Å². The number of halogens is 1. The van der Waals surface area contributed by atoms with Gasteiger partial charge < -0.3 is 10.1 Å². The molecule has 2 aromatic rings. The molecule has 160 valence electrons. The molecule has 1 fully saturated rings. The molecule has 0 spiro atoms. The number of esters is 1. The normalized spacial score (nSPS) is 16.2. The Morgan fingerprint density at radius 2 is 1.50 bits per heavy atom. The zero-order chi connectivity index (χ0) is 21.2. The third kappa shape index (κ3) is 6.60. The lowest BCUT2D eigenvalue weighted by Gasteiger charge is -2.33. The fourth-order valence-corrected chi connectivity index (χ4v) is 4.24. The summed E-state index contributed by atoms with van der Waals surface area (Å²) in [6.45, 7) is 0.858. The minimum Gasteiger partial charge on any atom is -0.460 e. The first-order valence-electron chi connectivity index (χ1n) is 10.8. The predicted molar refractivity (Wildman–Crippen MR) is 120 cm³/mol. The summed E-state index contributed by atoms with van der Waals surface area (Å²) in [4.78, 5) is 24.3. The number of carbonyl (C=O) groups is 2. The maximum Gasteiger partial charge on any atom is 0.314 e. The molecule has 0 saturated heterocycles. The molecule has 0 radical (unpaired) electrons. The van der Waals surface area contributed by atoms with Crippen molar-refractivity contribution >= 4 is 28.5 Å². The second kappa shape index (κ2) is 11.2. The maximum absolute atomic E-state index is 13.2. The van der Waals surface area contributed by atoms with E-state index in [2.05, 4.69) is 5.32 Å². The van der Waals surface area contributed by atoms with E-state index in [0.717, 1.165) is 55.3 Å². The van der Waals surface area contributed by atoms with Gasteiger partial charge in [0.2, 0.25) is 5.24 Å². The molecule has 0 aromatic heterocycles. The van der Waals surface area contributed by atoms with Crippen LogP contribution in [0.2, 0.25) is 0 Å². The van der Waals surface area contributed by atoms with E-state index in [1.807, 2.05) is 54.6 Å². The van der Waals surface area contributed by atoms with E-state index in [1.54, 1.807) is 0 Å². The first-order valence-corrected chi connectivity index (χ1v) is 11.2. The molecule has 1 aliphatic carbocycles. The molecule has 0 amide bonds.